The first kappa shape index (κ1) is 15.1. The molecule has 1 heterocycles. The van der Waals surface area contributed by atoms with E-state index in [4.69, 9.17) is 0 Å². The molecule has 0 saturated carbocycles. The molecule has 3 nitrogen and oxygen atoms in total. The van der Waals surface area contributed by atoms with E-state index in [9.17, 15) is 13.2 Å². The van der Waals surface area contributed by atoms with Gasteiger partial charge in [0.2, 0.25) is 0 Å². The Morgan fingerprint density at radius 2 is 2.00 bits per heavy atom. The van der Waals surface area contributed by atoms with Crippen LogP contribution in [-0.4, -0.2) is 16.8 Å². The van der Waals surface area contributed by atoms with Crippen molar-refractivity contribution in [3.05, 3.63) is 46.2 Å². The van der Waals surface area contributed by atoms with Gasteiger partial charge in [-0.15, -0.1) is 0 Å². The maximum Gasteiger partial charge on any atom is 0.435 e. The van der Waals surface area contributed by atoms with E-state index < -0.39 is 11.9 Å². The standard InChI is InChI=1S/C13H13BrF3N3/c1-8(18-2)10-4-3-9(7-11(10)14)20-6-5-12(19-20)13(15,16)17/h3-8,18H,1-2H3. The molecule has 1 atom stereocenters. The van der Waals surface area contributed by atoms with Crippen LogP contribution in [0.4, 0.5) is 13.2 Å². The van der Waals surface area contributed by atoms with Gasteiger partial charge in [-0.3, -0.25) is 0 Å². The van der Waals surface area contributed by atoms with Crippen molar-refractivity contribution in [3.8, 4) is 5.69 Å². The molecule has 0 aliphatic rings. The van der Waals surface area contributed by atoms with Crippen molar-refractivity contribution < 1.29 is 13.2 Å². The number of nitrogens with zero attached hydrogens (tertiary/aromatic N) is 2. The number of hydrogen-bond acceptors (Lipinski definition) is 2. The molecule has 0 fully saturated rings. The van der Waals surface area contributed by atoms with Gasteiger partial charge < -0.3 is 5.32 Å². The summed E-state index contributed by atoms with van der Waals surface area (Å²) in [6.07, 6.45) is -3.13. The molecule has 1 aromatic heterocycles. The second-order valence-corrected chi connectivity index (χ2v) is 5.21. The number of nitrogens with one attached hydrogen (secondary N) is 1. The van der Waals surface area contributed by atoms with E-state index in [1.807, 2.05) is 20.0 Å². The minimum atomic E-state index is -4.43. The summed E-state index contributed by atoms with van der Waals surface area (Å²) in [4.78, 5) is 0. The molecule has 20 heavy (non-hydrogen) atoms. The number of rotatable bonds is 3. The largest absolute Gasteiger partial charge is 0.435 e. The highest BCUT2D eigenvalue weighted by atomic mass is 79.9. The highest BCUT2D eigenvalue weighted by molar-refractivity contribution is 9.10. The minimum Gasteiger partial charge on any atom is -0.313 e. The molecule has 0 radical (unpaired) electrons. The monoisotopic (exact) mass is 347 g/mol. The molecular weight excluding hydrogens is 335 g/mol. The van der Waals surface area contributed by atoms with Gasteiger partial charge in [-0.05, 0) is 37.7 Å². The van der Waals surface area contributed by atoms with Gasteiger partial charge in [0, 0.05) is 16.7 Å². The molecule has 0 bridgehead atoms. The number of alkyl halides is 3. The SMILES string of the molecule is CNC(C)c1ccc(-n2ccc(C(F)(F)F)n2)cc1Br. The van der Waals surface area contributed by atoms with Crippen LogP contribution in [0.2, 0.25) is 0 Å². The summed E-state index contributed by atoms with van der Waals surface area (Å²) in [5, 5.41) is 6.65. The van der Waals surface area contributed by atoms with E-state index in [2.05, 4.69) is 26.3 Å². The Morgan fingerprint density at radius 1 is 1.30 bits per heavy atom. The summed E-state index contributed by atoms with van der Waals surface area (Å²) < 4.78 is 39.6. The lowest BCUT2D eigenvalue weighted by atomic mass is 10.1. The van der Waals surface area contributed by atoms with Gasteiger partial charge in [0.1, 0.15) is 0 Å². The van der Waals surface area contributed by atoms with Crippen molar-refractivity contribution in [1.82, 2.24) is 15.1 Å². The Labute approximate surface area is 122 Å². The zero-order valence-electron chi connectivity index (χ0n) is 10.9. The molecule has 0 saturated heterocycles. The van der Waals surface area contributed by atoms with Gasteiger partial charge in [-0.2, -0.15) is 18.3 Å². The Morgan fingerprint density at radius 3 is 2.50 bits per heavy atom. The molecule has 108 valence electrons. The van der Waals surface area contributed by atoms with E-state index >= 15 is 0 Å². The third-order valence-electron chi connectivity index (χ3n) is 3.03. The van der Waals surface area contributed by atoms with Crippen molar-refractivity contribution in [1.29, 1.82) is 0 Å². The van der Waals surface area contributed by atoms with Crippen LogP contribution in [0.25, 0.3) is 5.69 Å². The maximum absolute atomic E-state index is 12.5. The zero-order chi connectivity index (χ0) is 14.9. The van der Waals surface area contributed by atoms with Gasteiger partial charge >= 0.3 is 6.18 Å². The topological polar surface area (TPSA) is 29.9 Å². The molecule has 1 N–H and O–H groups in total. The quantitative estimate of drug-likeness (QED) is 0.911. The summed E-state index contributed by atoms with van der Waals surface area (Å²) in [6, 6.07) is 6.44. The van der Waals surface area contributed by atoms with Crippen LogP contribution in [0.3, 0.4) is 0 Å². The smallest absolute Gasteiger partial charge is 0.313 e. The minimum absolute atomic E-state index is 0.141. The summed E-state index contributed by atoms with van der Waals surface area (Å²) in [6.45, 7) is 2.00. The molecular formula is C13H13BrF3N3. The number of benzene rings is 1. The predicted molar refractivity (Wildman–Crippen MR) is 73.7 cm³/mol. The average molecular weight is 348 g/mol. The van der Waals surface area contributed by atoms with Gasteiger partial charge in [0.05, 0.1) is 5.69 Å². The Balaban J connectivity index is 2.35. The van der Waals surface area contributed by atoms with E-state index in [-0.39, 0.29) is 6.04 Å². The predicted octanol–water partition coefficient (Wildman–Crippen LogP) is 3.93. The average Bonchev–Trinajstić information content (AvgIpc) is 2.87. The number of aromatic nitrogens is 2. The summed E-state index contributed by atoms with van der Waals surface area (Å²) >= 11 is 3.43. The summed E-state index contributed by atoms with van der Waals surface area (Å²) in [5.41, 5.74) is 0.695. The highest BCUT2D eigenvalue weighted by Gasteiger charge is 2.33. The fourth-order valence-electron chi connectivity index (χ4n) is 1.78. The van der Waals surface area contributed by atoms with Gasteiger partial charge in [-0.25, -0.2) is 4.68 Å². The fraction of sp³-hybridized carbons (Fsp3) is 0.308. The van der Waals surface area contributed by atoms with Crippen LogP contribution in [-0.2, 0) is 6.18 Å². The van der Waals surface area contributed by atoms with Crippen LogP contribution < -0.4 is 5.32 Å². The third kappa shape index (κ3) is 3.04. The van der Waals surface area contributed by atoms with Crippen molar-refractivity contribution in [2.75, 3.05) is 7.05 Å². The Bertz CT molecular complexity index is 607. The van der Waals surface area contributed by atoms with Crippen LogP contribution in [0.15, 0.2) is 34.9 Å². The Hall–Kier alpha value is -1.34. The van der Waals surface area contributed by atoms with Crippen LogP contribution in [0.5, 0.6) is 0 Å². The van der Waals surface area contributed by atoms with Crippen molar-refractivity contribution in [2.45, 2.75) is 19.1 Å². The Kier molecular flexibility index (Phi) is 4.19. The second-order valence-electron chi connectivity index (χ2n) is 4.36. The molecule has 1 unspecified atom stereocenters. The zero-order valence-corrected chi connectivity index (χ0v) is 12.5. The van der Waals surface area contributed by atoms with Crippen molar-refractivity contribution in [2.24, 2.45) is 0 Å². The first-order chi connectivity index (χ1) is 9.32. The molecule has 0 aliphatic heterocycles. The number of hydrogen-bond donors (Lipinski definition) is 1. The molecule has 0 amide bonds. The lowest BCUT2D eigenvalue weighted by molar-refractivity contribution is -0.141. The summed E-state index contributed by atoms with van der Waals surface area (Å²) in [7, 11) is 1.84. The molecule has 7 heteroatoms. The maximum atomic E-state index is 12.5. The summed E-state index contributed by atoms with van der Waals surface area (Å²) in [5.74, 6) is 0. The first-order valence-corrected chi connectivity index (χ1v) is 6.72. The lowest BCUT2D eigenvalue weighted by Crippen LogP contribution is -2.13. The van der Waals surface area contributed by atoms with Gasteiger partial charge in [0.15, 0.2) is 5.69 Å². The van der Waals surface area contributed by atoms with Crippen molar-refractivity contribution >= 4 is 15.9 Å². The van der Waals surface area contributed by atoms with Crippen molar-refractivity contribution in [3.63, 3.8) is 0 Å². The van der Waals surface area contributed by atoms with Gasteiger partial charge in [-0.1, -0.05) is 22.0 Å². The highest BCUT2D eigenvalue weighted by Crippen LogP contribution is 2.29. The molecule has 0 aliphatic carbocycles. The normalized spacial score (nSPS) is 13.5. The molecule has 2 aromatic rings. The second kappa shape index (κ2) is 5.57. The van der Waals surface area contributed by atoms with E-state index in [1.165, 1.54) is 10.9 Å². The van der Waals surface area contributed by atoms with E-state index in [0.717, 1.165) is 16.1 Å². The third-order valence-corrected chi connectivity index (χ3v) is 3.71. The first-order valence-electron chi connectivity index (χ1n) is 5.93. The molecule has 1 aromatic carbocycles. The fourth-order valence-corrected chi connectivity index (χ4v) is 2.49. The number of halogens is 4. The van der Waals surface area contributed by atoms with Crippen LogP contribution >= 0.6 is 15.9 Å². The van der Waals surface area contributed by atoms with Crippen LogP contribution in [0, 0.1) is 0 Å². The van der Waals surface area contributed by atoms with Gasteiger partial charge in [0.25, 0.3) is 0 Å². The van der Waals surface area contributed by atoms with E-state index in [0.29, 0.717) is 5.69 Å². The molecule has 0 spiro atoms. The molecule has 2 rings (SSSR count). The lowest BCUT2D eigenvalue weighted by Gasteiger charge is -2.14. The van der Waals surface area contributed by atoms with E-state index in [1.54, 1.807) is 12.1 Å². The van der Waals surface area contributed by atoms with Crippen LogP contribution in [0.1, 0.15) is 24.2 Å².